The highest BCUT2D eigenvalue weighted by molar-refractivity contribution is 6.31. The first-order chi connectivity index (χ1) is 23.0. The average molecular weight is 686 g/mol. The second-order valence-corrected chi connectivity index (χ2v) is 16.8. The molecule has 2 saturated carbocycles. The topological polar surface area (TPSA) is 99.0 Å². The Hall–Kier alpha value is -3.79. The van der Waals surface area contributed by atoms with Crippen molar-refractivity contribution < 1.29 is 19.1 Å². The van der Waals surface area contributed by atoms with Crippen LogP contribution < -0.4 is 4.74 Å². The molecule has 0 N–H and O–H groups in total. The standard InChI is InChI=1S/C39H48ClN5O4/c1-37(2,3)49-36(47)44-17-15-27(16-18-44)43(8)28-19-24(20-28)9-11-26-12-14-30-32(42-26)23-45(33(30)46)34-38(4,5)35(39(34,6)7)48-29-13-10-25(22-41)31(40)21-29/h10,12-14,21,24,27-28,34-35H,15-20,23H2,1-8H3. The van der Waals surface area contributed by atoms with Gasteiger partial charge in [-0.15, -0.1) is 0 Å². The Morgan fingerprint density at radius 2 is 1.73 bits per heavy atom. The van der Waals surface area contributed by atoms with Gasteiger partial charge in [-0.2, -0.15) is 5.26 Å². The summed E-state index contributed by atoms with van der Waals surface area (Å²) in [6.45, 7) is 16.1. The molecule has 0 bridgehead atoms. The molecule has 3 fully saturated rings. The monoisotopic (exact) mass is 685 g/mol. The van der Waals surface area contributed by atoms with Crippen molar-refractivity contribution in [1.82, 2.24) is 19.7 Å². The molecule has 9 nitrogen and oxygen atoms in total. The van der Waals surface area contributed by atoms with Crippen molar-refractivity contribution in [3.8, 4) is 23.7 Å². The molecule has 1 saturated heterocycles. The zero-order chi connectivity index (χ0) is 35.5. The molecule has 2 aliphatic carbocycles. The summed E-state index contributed by atoms with van der Waals surface area (Å²) in [5.74, 6) is 7.67. The van der Waals surface area contributed by atoms with Crippen LogP contribution in [0.25, 0.3) is 0 Å². The van der Waals surface area contributed by atoms with Crippen molar-refractivity contribution in [2.75, 3.05) is 20.1 Å². The maximum Gasteiger partial charge on any atom is 0.410 e. The molecule has 2 aliphatic heterocycles. The van der Waals surface area contributed by atoms with Crippen LogP contribution in [0.1, 0.15) is 101 Å². The molecule has 260 valence electrons. The Morgan fingerprint density at radius 1 is 1.06 bits per heavy atom. The van der Waals surface area contributed by atoms with E-state index in [-0.39, 0.29) is 35.0 Å². The third-order valence-corrected chi connectivity index (χ3v) is 11.3. The number of nitrogens with zero attached hydrogens (tertiary/aromatic N) is 5. The quantitative estimate of drug-likeness (QED) is 0.316. The predicted molar refractivity (Wildman–Crippen MR) is 188 cm³/mol. The van der Waals surface area contributed by atoms with Gasteiger partial charge >= 0.3 is 6.09 Å². The number of amides is 2. The highest BCUT2D eigenvalue weighted by atomic mass is 35.5. The van der Waals surface area contributed by atoms with Gasteiger partial charge in [0.2, 0.25) is 0 Å². The van der Waals surface area contributed by atoms with Crippen molar-refractivity contribution in [2.45, 2.75) is 111 Å². The fourth-order valence-electron chi connectivity index (χ4n) is 8.79. The number of carbonyl (C=O) groups excluding carboxylic acids is 2. The van der Waals surface area contributed by atoms with E-state index in [1.165, 1.54) is 0 Å². The molecule has 3 heterocycles. The minimum absolute atomic E-state index is 0.00479. The van der Waals surface area contributed by atoms with Gasteiger partial charge in [0.1, 0.15) is 29.2 Å². The molecule has 10 heteroatoms. The maximum absolute atomic E-state index is 13.7. The number of aromatic nitrogens is 1. The molecule has 0 atom stereocenters. The Kier molecular flexibility index (Phi) is 9.18. The van der Waals surface area contributed by atoms with E-state index in [4.69, 9.17) is 26.1 Å². The minimum Gasteiger partial charge on any atom is -0.489 e. The van der Waals surface area contributed by atoms with Gasteiger partial charge in [-0.3, -0.25) is 4.79 Å². The molecule has 1 aromatic heterocycles. The second kappa shape index (κ2) is 12.8. The lowest BCUT2D eigenvalue weighted by Crippen LogP contribution is -2.74. The number of ether oxygens (including phenoxy) is 2. The number of piperidine rings is 1. The SMILES string of the molecule is CN(C1CCN(C(=O)OC(C)(C)C)CC1)C1CC(C#Cc2ccc3c(n2)CN(C2C(C)(C)C(Oc4ccc(C#N)c(Cl)c4)C2(C)C)C3=O)C1. The summed E-state index contributed by atoms with van der Waals surface area (Å²) in [6, 6.07) is 11.8. The van der Waals surface area contributed by atoms with Crippen LogP contribution in [0.2, 0.25) is 5.02 Å². The van der Waals surface area contributed by atoms with E-state index < -0.39 is 5.60 Å². The largest absolute Gasteiger partial charge is 0.489 e. The summed E-state index contributed by atoms with van der Waals surface area (Å²) in [5, 5.41) is 9.59. The van der Waals surface area contributed by atoms with Gasteiger partial charge in [0.05, 0.1) is 28.4 Å². The van der Waals surface area contributed by atoms with E-state index >= 15 is 0 Å². The normalized spacial score (nSPS) is 25.8. The molecule has 4 aliphatic rings. The summed E-state index contributed by atoms with van der Waals surface area (Å²) >= 11 is 6.27. The Balaban J connectivity index is 1.03. The van der Waals surface area contributed by atoms with Gasteiger partial charge in [-0.25, -0.2) is 9.78 Å². The van der Waals surface area contributed by atoms with E-state index in [9.17, 15) is 14.9 Å². The summed E-state index contributed by atoms with van der Waals surface area (Å²) in [7, 11) is 2.20. The summed E-state index contributed by atoms with van der Waals surface area (Å²) < 4.78 is 12.0. The van der Waals surface area contributed by atoms with Crippen LogP contribution in [0.4, 0.5) is 4.79 Å². The molecule has 2 aromatic rings. The number of fused-ring (bicyclic) bond motifs is 1. The summed E-state index contributed by atoms with van der Waals surface area (Å²) in [6.07, 6.45) is 3.56. The fourth-order valence-corrected chi connectivity index (χ4v) is 9.00. The van der Waals surface area contributed by atoms with Crippen LogP contribution in [0, 0.1) is 39.9 Å². The molecule has 0 unspecified atom stereocenters. The summed E-state index contributed by atoms with van der Waals surface area (Å²) in [4.78, 5) is 37.2. The highest BCUT2D eigenvalue weighted by Crippen LogP contribution is 2.59. The van der Waals surface area contributed by atoms with E-state index in [1.54, 1.807) is 18.2 Å². The van der Waals surface area contributed by atoms with Crippen LogP contribution >= 0.6 is 11.6 Å². The summed E-state index contributed by atoms with van der Waals surface area (Å²) in [5.41, 5.74) is 1.37. The number of likely N-dealkylation sites (tertiary alicyclic amines) is 1. The van der Waals surface area contributed by atoms with Crippen molar-refractivity contribution in [1.29, 1.82) is 5.26 Å². The molecule has 2 amide bonds. The molecule has 1 aromatic carbocycles. The van der Waals surface area contributed by atoms with Crippen molar-refractivity contribution in [2.24, 2.45) is 16.7 Å². The average Bonchev–Trinajstić information content (AvgIpc) is 3.31. The van der Waals surface area contributed by atoms with Gasteiger partial charge in [0, 0.05) is 54.0 Å². The number of pyridine rings is 1. The Bertz CT molecular complexity index is 1720. The van der Waals surface area contributed by atoms with Gasteiger partial charge in [0.15, 0.2) is 0 Å². The van der Waals surface area contributed by atoms with Crippen molar-refractivity contribution >= 4 is 23.6 Å². The lowest BCUT2D eigenvalue weighted by Gasteiger charge is -2.65. The Labute approximate surface area is 295 Å². The predicted octanol–water partition coefficient (Wildman–Crippen LogP) is 6.91. The maximum atomic E-state index is 13.7. The zero-order valence-electron chi connectivity index (χ0n) is 30.0. The van der Waals surface area contributed by atoms with Gasteiger partial charge in [0.25, 0.3) is 5.91 Å². The first-order valence-corrected chi connectivity index (χ1v) is 17.8. The van der Waals surface area contributed by atoms with E-state index in [0.29, 0.717) is 52.1 Å². The van der Waals surface area contributed by atoms with Crippen molar-refractivity contribution in [3.05, 3.63) is 57.9 Å². The number of carbonyl (C=O) groups is 2. The van der Waals surface area contributed by atoms with Gasteiger partial charge in [-0.05, 0) is 83.7 Å². The van der Waals surface area contributed by atoms with Gasteiger partial charge < -0.3 is 24.2 Å². The van der Waals surface area contributed by atoms with Crippen LogP contribution in [-0.4, -0.2) is 81.7 Å². The smallest absolute Gasteiger partial charge is 0.410 e. The lowest BCUT2D eigenvalue weighted by atomic mass is 9.49. The number of nitriles is 1. The first kappa shape index (κ1) is 35.1. The lowest BCUT2D eigenvalue weighted by molar-refractivity contribution is -0.199. The van der Waals surface area contributed by atoms with Crippen LogP contribution in [0.3, 0.4) is 0 Å². The number of hydrogen-bond acceptors (Lipinski definition) is 7. The molecule has 49 heavy (non-hydrogen) atoms. The zero-order valence-corrected chi connectivity index (χ0v) is 30.7. The van der Waals surface area contributed by atoms with Crippen LogP contribution in [-0.2, 0) is 11.3 Å². The number of rotatable bonds is 5. The third kappa shape index (κ3) is 6.73. The number of hydrogen-bond donors (Lipinski definition) is 0. The van der Waals surface area contributed by atoms with Crippen molar-refractivity contribution in [3.63, 3.8) is 0 Å². The fraction of sp³-hybridized carbons (Fsp3) is 0.590. The molecular weight excluding hydrogens is 638 g/mol. The van der Waals surface area contributed by atoms with Crippen LogP contribution in [0.15, 0.2) is 30.3 Å². The third-order valence-electron chi connectivity index (χ3n) is 11.0. The number of benzene rings is 1. The van der Waals surface area contributed by atoms with E-state index in [1.807, 2.05) is 42.7 Å². The van der Waals surface area contributed by atoms with Gasteiger partial charge in [-0.1, -0.05) is 45.2 Å². The number of halogens is 1. The highest BCUT2D eigenvalue weighted by Gasteiger charge is 2.67. The van der Waals surface area contributed by atoms with E-state index in [2.05, 4.69) is 57.6 Å². The second-order valence-electron chi connectivity index (χ2n) is 16.4. The molecular formula is C39H48ClN5O4. The molecule has 6 rings (SSSR count). The molecule has 0 spiro atoms. The van der Waals surface area contributed by atoms with Crippen LogP contribution in [0.5, 0.6) is 5.75 Å². The van der Waals surface area contributed by atoms with E-state index in [0.717, 1.165) is 44.5 Å². The minimum atomic E-state index is -0.476. The Morgan fingerprint density at radius 3 is 2.35 bits per heavy atom. The molecule has 0 radical (unpaired) electrons. The first-order valence-electron chi connectivity index (χ1n) is 17.4.